The lowest BCUT2D eigenvalue weighted by Gasteiger charge is -2.43. The van der Waals surface area contributed by atoms with Crippen molar-refractivity contribution in [1.29, 1.82) is 0 Å². The number of aliphatic hydroxyl groups excluding tert-OH is 1. The quantitative estimate of drug-likeness (QED) is 0.225. The average molecular weight is 461 g/mol. The van der Waals surface area contributed by atoms with Crippen molar-refractivity contribution in [2.24, 2.45) is 0 Å². The van der Waals surface area contributed by atoms with E-state index in [0.717, 1.165) is 0 Å². The first kappa shape index (κ1) is 27.8. The van der Waals surface area contributed by atoms with Gasteiger partial charge in [-0.1, -0.05) is 27.2 Å². The highest BCUT2D eigenvalue weighted by atomic mass is 16.7. The summed E-state index contributed by atoms with van der Waals surface area (Å²) >= 11 is 0. The van der Waals surface area contributed by atoms with Crippen molar-refractivity contribution in [2.45, 2.75) is 116 Å². The van der Waals surface area contributed by atoms with E-state index in [1.165, 1.54) is 0 Å². The summed E-state index contributed by atoms with van der Waals surface area (Å²) in [6.45, 7) is 5.39. The fourth-order valence-corrected chi connectivity index (χ4v) is 3.40. The molecule has 32 heavy (non-hydrogen) atoms. The molecule has 10 nitrogen and oxygen atoms in total. The molecule has 0 saturated carbocycles. The smallest absolute Gasteiger partial charge is 0.306 e. The van der Waals surface area contributed by atoms with Crippen molar-refractivity contribution in [1.82, 2.24) is 0 Å². The second-order valence-electron chi connectivity index (χ2n) is 7.82. The van der Waals surface area contributed by atoms with Crippen LogP contribution in [0.3, 0.4) is 0 Å². The van der Waals surface area contributed by atoms with Crippen LogP contribution in [0, 0.1) is 0 Å². The van der Waals surface area contributed by atoms with E-state index in [9.17, 15) is 24.3 Å². The largest absolute Gasteiger partial charge is 0.481 e. The van der Waals surface area contributed by atoms with Crippen molar-refractivity contribution in [3.8, 4) is 0 Å². The third-order valence-electron chi connectivity index (χ3n) is 4.90. The summed E-state index contributed by atoms with van der Waals surface area (Å²) in [7, 11) is 0. The first-order valence-corrected chi connectivity index (χ1v) is 11.4. The number of aliphatic hydroxyl groups is 1. The number of hydrogen-bond acceptors (Lipinski definition) is 9. The fourth-order valence-electron chi connectivity index (χ4n) is 3.40. The number of carbonyl (C=O) groups excluding carboxylic acids is 3. The molecule has 1 heterocycles. The van der Waals surface area contributed by atoms with E-state index in [2.05, 4.69) is 0 Å². The molecule has 1 fully saturated rings. The van der Waals surface area contributed by atoms with E-state index in [1.54, 1.807) is 20.8 Å². The van der Waals surface area contributed by atoms with Gasteiger partial charge in [-0.3, -0.25) is 19.2 Å². The van der Waals surface area contributed by atoms with Crippen molar-refractivity contribution >= 4 is 23.9 Å². The maximum atomic E-state index is 12.3. The molecule has 0 aromatic heterocycles. The van der Waals surface area contributed by atoms with Crippen molar-refractivity contribution in [2.75, 3.05) is 0 Å². The second-order valence-corrected chi connectivity index (χ2v) is 7.82. The minimum Gasteiger partial charge on any atom is -0.481 e. The average Bonchev–Trinajstić information content (AvgIpc) is 2.71. The predicted octanol–water partition coefficient (Wildman–Crippen LogP) is 2.48. The zero-order valence-electron chi connectivity index (χ0n) is 19.1. The molecule has 1 unspecified atom stereocenters. The lowest BCUT2D eigenvalue weighted by atomic mass is 9.94. The van der Waals surface area contributed by atoms with Gasteiger partial charge in [-0.05, 0) is 32.1 Å². The topological polar surface area (TPSA) is 146 Å². The maximum Gasteiger partial charge on any atom is 0.306 e. The Bertz CT molecular complexity index is 620. The van der Waals surface area contributed by atoms with Gasteiger partial charge in [0.15, 0.2) is 24.6 Å². The molecule has 1 aliphatic rings. The zero-order valence-corrected chi connectivity index (χ0v) is 19.1. The third kappa shape index (κ3) is 9.52. The molecule has 0 amide bonds. The number of carbonyl (C=O) groups is 4. The van der Waals surface area contributed by atoms with Crippen LogP contribution in [0.5, 0.6) is 0 Å². The summed E-state index contributed by atoms with van der Waals surface area (Å²) in [5.41, 5.74) is 0. The summed E-state index contributed by atoms with van der Waals surface area (Å²) in [6.07, 6.45) is -3.29. The summed E-state index contributed by atoms with van der Waals surface area (Å²) in [5.74, 6) is -2.66. The van der Waals surface area contributed by atoms with Crippen LogP contribution in [0.1, 0.15) is 85.0 Å². The number of carboxylic acids is 1. The SMILES string of the molecule is CCCC(=O)O[C@H]1[C@H](OC(=O)CCC)[C@@H](OC(=O)CCC)C(O)O[C@@H]1CCCCC(=O)O. The van der Waals surface area contributed by atoms with Crippen molar-refractivity contribution in [3.63, 3.8) is 0 Å². The van der Waals surface area contributed by atoms with Crippen LogP contribution in [0.2, 0.25) is 0 Å². The van der Waals surface area contributed by atoms with E-state index >= 15 is 0 Å². The second kappa shape index (κ2) is 14.8. The van der Waals surface area contributed by atoms with Gasteiger partial charge in [0, 0.05) is 25.7 Å². The predicted molar refractivity (Wildman–Crippen MR) is 111 cm³/mol. The summed E-state index contributed by atoms with van der Waals surface area (Å²) in [5, 5.41) is 19.4. The molecular formula is C22H36O10. The van der Waals surface area contributed by atoms with Crippen LogP contribution in [0.25, 0.3) is 0 Å². The number of carboxylic acid groups (broad SMARTS) is 1. The fraction of sp³-hybridized carbons (Fsp3) is 0.818. The van der Waals surface area contributed by atoms with Gasteiger partial charge in [0.05, 0.1) is 0 Å². The van der Waals surface area contributed by atoms with Crippen LogP contribution in [0.4, 0.5) is 0 Å². The minimum atomic E-state index is -1.60. The Morgan fingerprint density at radius 2 is 1.19 bits per heavy atom. The molecular weight excluding hydrogens is 424 g/mol. The molecule has 2 N–H and O–H groups in total. The molecule has 184 valence electrons. The monoisotopic (exact) mass is 460 g/mol. The van der Waals surface area contributed by atoms with Crippen molar-refractivity contribution in [3.05, 3.63) is 0 Å². The molecule has 0 aromatic carbocycles. The molecule has 0 aliphatic carbocycles. The maximum absolute atomic E-state index is 12.3. The third-order valence-corrected chi connectivity index (χ3v) is 4.90. The summed E-state index contributed by atoms with van der Waals surface area (Å²) < 4.78 is 22.1. The van der Waals surface area contributed by atoms with Crippen LogP contribution in [-0.2, 0) is 38.1 Å². The van der Waals surface area contributed by atoms with E-state index < -0.39 is 54.6 Å². The Morgan fingerprint density at radius 3 is 1.66 bits per heavy atom. The molecule has 0 radical (unpaired) electrons. The molecule has 10 heteroatoms. The first-order chi connectivity index (χ1) is 15.2. The van der Waals surface area contributed by atoms with Gasteiger partial charge in [0.25, 0.3) is 0 Å². The molecule has 0 bridgehead atoms. The molecule has 1 rings (SSSR count). The lowest BCUT2D eigenvalue weighted by molar-refractivity contribution is -0.293. The number of esters is 3. The van der Waals surface area contributed by atoms with Gasteiger partial charge >= 0.3 is 23.9 Å². The number of unbranched alkanes of at least 4 members (excludes halogenated alkanes) is 1. The standard InChI is InChI=1S/C22H36O10/c1-4-9-16(25)30-19-14(12-7-8-13-15(23)24)29-22(28)21(32-18(27)11-6-3)20(19)31-17(26)10-5-2/h14,19-22,28H,4-13H2,1-3H3,(H,23,24)/t14-,19-,20+,21-,22?/m1/s1. The summed E-state index contributed by atoms with van der Waals surface area (Å²) in [6, 6.07) is 0. The van der Waals surface area contributed by atoms with E-state index in [1.807, 2.05) is 0 Å². The van der Waals surface area contributed by atoms with Gasteiger partial charge in [-0.2, -0.15) is 0 Å². The highest BCUT2D eigenvalue weighted by Gasteiger charge is 2.51. The Balaban J connectivity index is 3.14. The van der Waals surface area contributed by atoms with Gasteiger partial charge in [0.2, 0.25) is 0 Å². The van der Waals surface area contributed by atoms with Crippen LogP contribution < -0.4 is 0 Å². The van der Waals surface area contributed by atoms with E-state index in [0.29, 0.717) is 32.1 Å². The Kier molecular flexibility index (Phi) is 12.9. The molecule has 0 aromatic rings. The Hall–Kier alpha value is -2.20. The van der Waals surface area contributed by atoms with Crippen LogP contribution in [-0.4, -0.2) is 64.8 Å². The van der Waals surface area contributed by atoms with Crippen LogP contribution in [0.15, 0.2) is 0 Å². The normalized spacial score (nSPS) is 25.1. The van der Waals surface area contributed by atoms with E-state index in [-0.39, 0.29) is 32.1 Å². The lowest BCUT2D eigenvalue weighted by Crippen LogP contribution is -2.61. The van der Waals surface area contributed by atoms with Gasteiger partial charge in [0.1, 0.15) is 6.10 Å². The number of rotatable bonds is 14. The van der Waals surface area contributed by atoms with E-state index in [4.69, 9.17) is 24.1 Å². The van der Waals surface area contributed by atoms with Crippen molar-refractivity contribution < 1.29 is 48.3 Å². The Morgan fingerprint density at radius 1 is 0.719 bits per heavy atom. The minimum absolute atomic E-state index is 0.0399. The number of aliphatic carboxylic acids is 1. The molecule has 0 spiro atoms. The molecule has 1 saturated heterocycles. The van der Waals surface area contributed by atoms with Gasteiger partial charge in [-0.15, -0.1) is 0 Å². The first-order valence-electron chi connectivity index (χ1n) is 11.4. The highest BCUT2D eigenvalue weighted by molar-refractivity contribution is 5.71. The number of ether oxygens (including phenoxy) is 4. The summed E-state index contributed by atoms with van der Waals surface area (Å²) in [4.78, 5) is 47.4. The number of hydrogen-bond donors (Lipinski definition) is 2. The Labute approximate surface area is 188 Å². The van der Waals surface area contributed by atoms with Gasteiger partial charge in [-0.25, -0.2) is 0 Å². The van der Waals surface area contributed by atoms with Gasteiger partial charge < -0.3 is 29.2 Å². The molecule has 5 atom stereocenters. The highest BCUT2D eigenvalue weighted by Crippen LogP contribution is 2.31. The van der Waals surface area contributed by atoms with Crippen LogP contribution >= 0.6 is 0 Å². The molecule has 1 aliphatic heterocycles. The zero-order chi connectivity index (χ0) is 24.1.